The topological polar surface area (TPSA) is 0 Å². The van der Waals surface area contributed by atoms with Crippen LogP contribution in [0.2, 0.25) is 0 Å². The standard InChI is InChI=1S/C13H18.3C4H10.Sn/c1-12(2)8-6-7-11-13-9-4-3-5-10-13;3*1-3-4-2;/h3-6,8-10,12H,7,11H2,1-2H3;3*3-4H2,1-2H3;/b8-6+;;;;. The second-order valence-electron chi connectivity index (χ2n) is 6.70. The van der Waals surface area contributed by atoms with Gasteiger partial charge in [-0.3, -0.25) is 0 Å². The molecule has 0 N–H and O–H groups in total. The van der Waals surface area contributed by atoms with Crippen molar-refractivity contribution >= 4 is 23.9 Å². The van der Waals surface area contributed by atoms with E-state index in [2.05, 4.69) is 97.9 Å². The summed E-state index contributed by atoms with van der Waals surface area (Å²) in [7, 11) is 0. The van der Waals surface area contributed by atoms with E-state index < -0.39 is 0 Å². The molecule has 0 aliphatic rings. The summed E-state index contributed by atoms with van der Waals surface area (Å²) in [5.74, 6) is 0.677. The van der Waals surface area contributed by atoms with Gasteiger partial charge in [0.1, 0.15) is 0 Å². The molecule has 0 saturated heterocycles. The maximum absolute atomic E-state index is 2.28. The molecule has 26 heavy (non-hydrogen) atoms. The van der Waals surface area contributed by atoms with Gasteiger partial charge >= 0.3 is 0 Å². The zero-order valence-corrected chi connectivity index (χ0v) is 22.1. The Bertz CT molecular complexity index is 312. The fourth-order valence-corrected chi connectivity index (χ4v) is 1.26. The van der Waals surface area contributed by atoms with Gasteiger partial charge in [-0.25, -0.2) is 0 Å². The van der Waals surface area contributed by atoms with E-state index >= 15 is 0 Å². The van der Waals surface area contributed by atoms with E-state index in [0.29, 0.717) is 5.92 Å². The van der Waals surface area contributed by atoms with E-state index in [-0.39, 0.29) is 23.9 Å². The molecule has 0 atom stereocenters. The van der Waals surface area contributed by atoms with Crippen LogP contribution in [0.25, 0.3) is 0 Å². The third kappa shape index (κ3) is 39.0. The van der Waals surface area contributed by atoms with E-state index in [1.54, 1.807) is 0 Å². The molecule has 0 aliphatic heterocycles. The number of benzene rings is 1. The van der Waals surface area contributed by atoms with Crippen LogP contribution in [0.15, 0.2) is 42.5 Å². The molecule has 1 aromatic carbocycles. The average Bonchev–Trinajstić information content (AvgIpc) is 2.66. The Morgan fingerprint density at radius 3 is 1.38 bits per heavy atom. The molecule has 0 amide bonds. The number of unbranched alkanes of at least 4 members (excludes halogenated alkanes) is 3. The predicted molar refractivity (Wildman–Crippen MR) is 126 cm³/mol. The van der Waals surface area contributed by atoms with Gasteiger partial charge in [0, 0.05) is 23.9 Å². The van der Waals surface area contributed by atoms with Gasteiger partial charge in [0.05, 0.1) is 0 Å². The molecule has 0 spiro atoms. The van der Waals surface area contributed by atoms with Crippen molar-refractivity contribution in [1.82, 2.24) is 0 Å². The summed E-state index contributed by atoms with van der Waals surface area (Å²) in [6, 6.07) is 10.6. The summed E-state index contributed by atoms with van der Waals surface area (Å²) in [6.07, 6.45) is 14.8. The Hall–Kier alpha value is -0.241. The van der Waals surface area contributed by atoms with Crippen LogP contribution >= 0.6 is 0 Å². The SMILES string of the molecule is CC(C)/C=C/CCc1ccccc1.CCCC.CCCC.CCCC.[Sn]. The van der Waals surface area contributed by atoms with Crippen molar-refractivity contribution in [1.29, 1.82) is 0 Å². The minimum absolute atomic E-state index is 0. The van der Waals surface area contributed by atoms with E-state index in [1.807, 2.05) is 0 Å². The maximum atomic E-state index is 2.28. The second-order valence-corrected chi connectivity index (χ2v) is 6.70. The molecule has 0 fully saturated rings. The van der Waals surface area contributed by atoms with Crippen LogP contribution in [0.3, 0.4) is 0 Å². The van der Waals surface area contributed by atoms with E-state index in [0.717, 1.165) is 12.8 Å². The van der Waals surface area contributed by atoms with Gasteiger partial charge in [0.15, 0.2) is 0 Å². The summed E-state index contributed by atoms with van der Waals surface area (Å²) < 4.78 is 0. The Labute approximate surface area is 184 Å². The summed E-state index contributed by atoms with van der Waals surface area (Å²) in [4.78, 5) is 0. The molecule has 0 aliphatic carbocycles. The Morgan fingerprint density at radius 2 is 1.08 bits per heavy atom. The quantitative estimate of drug-likeness (QED) is 0.278. The molecule has 0 aromatic heterocycles. The van der Waals surface area contributed by atoms with Crippen LogP contribution in [0.1, 0.15) is 106 Å². The van der Waals surface area contributed by atoms with Crippen molar-refractivity contribution in [3.8, 4) is 0 Å². The summed E-state index contributed by atoms with van der Waals surface area (Å²) >= 11 is 0. The Kier molecular flexibility index (Phi) is 41.6. The van der Waals surface area contributed by atoms with Crippen LogP contribution in [0, 0.1) is 5.92 Å². The van der Waals surface area contributed by atoms with Crippen molar-refractivity contribution in [2.45, 2.75) is 107 Å². The summed E-state index contributed by atoms with van der Waals surface area (Å²) in [6.45, 7) is 17.5. The van der Waals surface area contributed by atoms with Crippen molar-refractivity contribution in [3.63, 3.8) is 0 Å². The first-order chi connectivity index (χ1) is 12.0. The summed E-state index contributed by atoms with van der Waals surface area (Å²) in [5, 5.41) is 0. The van der Waals surface area contributed by atoms with Gasteiger partial charge < -0.3 is 0 Å². The molecule has 0 bridgehead atoms. The molecule has 0 heterocycles. The number of allylic oxidation sites excluding steroid dienone is 2. The largest absolute Gasteiger partial charge is 0.0880 e. The van der Waals surface area contributed by atoms with Gasteiger partial charge in [0.2, 0.25) is 0 Å². The molecule has 0 saturated carbocycles. The van der Waals surface area contributed by atoms with Crippen molar-refractivity contribution < 1.29 is 0 Å². The Morgan fingerprint density at radius 1 is 0.692 bits per heavy atom. The van der Waals surface area contributed by atoms with Crippen molar-refractivity contribution in [2.75, 3.05) is 0 Å². The van der Waals surface area contributed by atoms with Crippen LogP contribution < -0.4 is 0 Å². The normalized spacial score (nSPS) is 9.12. The maximum Gasteiger partial charge on any atom is 0 e. The number of rotatable bonds is 7. The van der Waals surface area contributed by atoms with Gasteiger partial charge in [-0.15, -0.1) is 0 Å². The first-order valence-corrected chi connectivity index (χ1v) is 10.7. The number of aryl methyl sites for hydroxylation is 1. The van der Waals surface area contributed by atoms with Gasteiger partial charge in [-0.2, -0.15) is 0 Å². The van der Waals surface area contributed by atoms with E-state index in [4.69, 9.17) is 0 Å². The zero-order valence-electron chi connectivity index (χ0n) is 19.3. The van der Waals surface area contributed by atoms with E-state index in [9.17, 15) is 0 Å². The second kappa shape index (κ2) is 32.4. The molecule has 4 radical (unpaired) electrons. The van der Waals surface area contributed by atoms with Gasteiger partial charge in [0.25, 0.3) is 0 Å². The molecule has 1 heteroatoms. The molecule has 0 nitrogen and oxygen atoms in total. The molecule has 1 rings (SSSR count). The third-order valence-corrected chi connectivity index (χ3v) is 3.46. The number of hydrogen-bond acceptors (Lipinski definition) is 0. The van der Waals surface area contributed by atoms with Crippen LogP contribution in [0.4, 0.5) is 0 Å². The fraction of sp³-hybridized carbons (Fsp3) is 0.680. The van der Waals surface area contributed by atoms with Gasteiger partial charge in [-0.05, 0) is 24.3 Å². The van der Waals surface area contributed by atoms with Crippen LogP contribution in [0.5, 0.6) is 0 Å². The van der Waals surface area contributed by atoms with Crippen LogP contribution in [-0.2, 0) is 6.42 Å². The predicted octanol–water partition coefficient (Wildman–Crippen LogP) is 8.87. The minimum atomic E-state index is 0. The third-order valence-electron chi connectivity index (χ3n) is 3.46. The van der Waals surface area contributed by atoms with Gasteiger partial charge in [-0.1, -0.05) is 136 Å². The average molecular weight is 467 g/mol. The summed E-state index contributed by atoms with van der Waals surface area (Å²) in [5.41, 5.74) is 1.43. The minimum Gasteiger partial charge on any atom is -0.0880 e. The van der Waals surface area contributed by atoms with E-state index in [1.165, 1.54) is 44.1 Å². The molecule has 152 valence electrons. The van der Waals surface area contributed by atoms with Crippen molar-refractivity contribution in [3.05, 3.63) is 48.0 Å². The monoisotopic (exact) mass is 468 g/mol. The van der Waals surface area contributed by atoms with Crippen molar-refractivity contribution in [2.24, 2.45) is 5.92 Å². The molecular formula is C25H48Sn. The number of hydrogen-bond donors (Lipinski definition) is 0. The Balaban J connectivity index is -0.000000155. The van der Waals surface area contributed by atoms with Crippen LogP contribution in [-0.4, -0.2) is 23.9 Å². The zero-order chi connectivity index (χ0) is 19.8. The fourth-order valence-electron chi connectivity index (χ4n) is 1.26. The molecular weight excluding hydrogens is 419 g/mol. The first-order valence-electron chi connectivity index (χ1n) is 10.7. The smallest absolute Gasteiger partial charge is 0 e. The molecule has 0 unspecified atom stereocenters. The first kappa shape index (κ1) is 33.4. The molecule has 1 aromatic rings.